The first kappa shape index (κ1) is 28.5. The van der Waals surface area contributed by atoms with E-state index in [-0.39, 0.29) is 17.9 Å². The third-order valence-electron chi connectivity index (χ3n) is 8.15. The van der Waals surface area contributed by atoms with Crippen LogP contribution in [-0.2, 0) is 16.3 Å². The Bertz CT molecular complexity index is 1630. The van der Waals surface area contributed by atoms with Gasteiger partial charge in [-0.25, -0.2) is 13.2 Å². The molecule has 41 heavy (non-hydrogen) atoms. The highest BCUT2D eigenvalue weighted by molar-refractivity contribution is 7.92. The number of nitrogens with zero attached hydrogens (tertiary/aromatic N) is 1. The van der Waals surface area contributed by atoms with Crippen molar-refractivity contribution in [2.45, 2.75) is 36.3 Å². The summed E-state index contributed by atoms with van der Waals surface area (Å²) in [7, 11) is -0.551. The summed E-state index contributed by atoms with van der Waals surface area (Å²) in [6, 6.07) is 23.8. The van der Waals surface area contributed by atoms with Crippen molar-refractivity contribution in [3.63, 3.8) is 0 Å². The molecule has 0 radical (unpaired) electrons. The Balaban J connectivity index is 1.49. The summed E-state index contributed by atoms with van der Waals surface area (Å²) >= 11 is 0. The van der Waals surface area contributed by atoms with Crippen molar-refractivity contribution in [1.29, 1.82) is 0 Å². The number of carbonyl (C=O) groups is 1. The predicted octanol–water partition coefficient (Wildman–Crippen LogP) is 6.17. The van der Waals surface area contributed by atoms with Gasteiger partial charge in [0.05, 0.1) is 29.9 Å². The smallest absolute Gasteiger partial charge is 0.335 e. The molecule has 1 saturated heterocycles. The van der Waals surface area contributed by atoms with Crippen molar-refractivity contribution in [3.8, 4) is 11.5 Å². The molecule has 1 heterocycles. The molecule has 0 aliphatic carbocycles. The van der Waals surface area contributed by atoms with Gasteiger partial charge in [-0.2, -0.15) is 0 Å². The van der Waals surface area contributed by atoms with Crippen LogP contribution in [0.1, 0.15) is 34.3 Å². The summed E-state index contributed by atoms with van der Waals surface area (Å²) in [4.78, 5) is 13.8. The second-order valence-corrected chi connectivity index (χ2v) is 12.8. The van der Waals surface area contributed by atoms with Gasteiger partial charge in [0, 0.05) is 24.3 Å². The number of hydrogen-bond donors (Lipinski definition) is 1. The van der Waals surface area contributed by atoms with Crippen LogP contribution in [-0.4, -0.2) is 52.1 Å². The minimum atomic E-state index is -3.74. The van der Waals surface area contributed by atoms with E-state index < -0.39 is 21.1 Å². The first-order valence-electron chi connectivity index (χ1n) is 13.7. The molecule has 0 bridgehead atoms. The fraction of sp³-hybridized carbons (Fsp3) is 0.303. The van der Waals surface area contributed by atoms with Gasteiger partial charge in [-0.1, -0.05) is 30.3 Å². The number of ether oxygens (including phenoxy) is 2. The van der Waals surface area contributed by atoms with Crippen molar-refractivity contribution in [1.82, 2.24) is 0 Å². The van der Waals surface area contributed by atoms with Gasteiger partial charge in [0.2, 0.25) is 0 Å². The van der Waals surface area contributed by atoms with Gasteiger partial charge >= 0.3 is 5.97 Å². The van der Waals surface area contributed by atoms with Gasteiger partial charge in [0.1, 0.15) is 11.5 Å². The molecule has 4 aromatic carbocycles. The fourth-order valence-corrected chi connectivity index (χ4v) is 7.97. The normalized spacial score (nSPS) is 15.0. The minimum absolute atomic E-state index is 0.100. The number of sulfone groups is 1. The number of carboxylic acid groups (broad SMARTS) is 1. The molecule has 1 aliphatic heterocycles. The highest BCUT2D eigenvalue weighted by Gasteiger charge is 2.38. The van der Waals surface area contributed by atoms with E-state index in [9.17, 15) is 18.3 Å². The highest BCUT2D eigenvalue weighted by atomic mass is 32.2. The number of hydrogen-bond acceptors (Lipinski definition) is 6. The number of rotatable bonds is 9. The number of benzene rings is 4. The molecule has 1 N–H and O–H groups in total. The lowest BCUT2D eigenvalue weighted by atomic mass is 9.89. The van der Waals surface area contributed by atoms with Crippen LogP contribution >= 0.6 is 0 Å². The van der Waals surface area contributed by atoms with E-state index >= 15 is 0 Å². The quantitative estimate of drug-likeness (QED) is 0.256. The van der Waals surface area contributed by atoms with Crippen LogP contribution in [0.2, 0.25) is 0 Å². The molecule has 1 fully saturated rings. The number of aromatic carboxylic acids is 1. The minimum Gasteiger partial charge on any atom is -0.496 e. The van der Waals surface area contributed by atoms with Crippen molar-refractivity contribution in [2.24, 2.45) is 5.92 Å². The molecule has 0 amide bonds. The Kier molecular flexibility index (Phi) is 8.22. The summed E-state index contributed by atoms with van der Waals surface area (Å²) in [5.74, 6) is 0.184. The molecular formula is C33H35NO6S. The summed E-state index contributed by atoms with van der Waals surface area (Å²) in [5, 5.41) is 10.4. The van der Waals surface area contributed by atoms with Crippen LogP contribution in [0, 0.1) is 12.8 Å². The van der Waals surface area contributed by atoms with Crippen LogP contribution in [0.3, 0.4) is 0 Å². The molecule has 1 aliphatic rings. The van der Waals surface area contributed by atoms with E-state index in [0.29, 0.717) is 42.3 Å². The van der Waals surface area contributed by atoms with Gasteiger partial charge in [-0.3, -0.25) is 0 Å². The molecule has 1 unspecified atom stereocenters. The molecule has 0 saturated carbocycles. The van der Waals surface area contributed by atoms with Gasteiger partial charge in [0.25, 0.3) is 0 Å². The zero-order valence-corrected chi connectivity index (χ0v) is 24.4. The maximum Gasteiger partial charge on any atom is 0.335 e. The van der Waals surface area contributed by atoms with Gasteiger partial charge in [-0.05, 0) is 97.0 Å². The average Bonchev–Trinajstić information content (AvgIpc) is 2.99. The lowest BCUT2D eigenvalue weighted by Crippen LogP contribution is -2.41. The van der Waals surface area contributed by atoms with Gasteiger partial charge in [-0.15, -0.1) is 0 Å². The van der Waals surface area contributed by atoms with E-state index in [4.69, 9.17) is 9.47 Å². The standard InChI is InChI=1S/C33H35NO6S/c1-22-18-30(39-2)29(31(19-22)40-3)21-32(41(37,38)28-13-10-23-6-4-5-7-26(23)20-28)24-14-16-34(17-15-24)27-11-8-25(9-12-27)33(35)36/h4-13,18-20,24,32H,14-17,21H2,1-3H3,(H,35,36). The number of fused-ring (bicyclic) bond motifs is 1. The molecule has 214 valence electrons. The van der Waals surface area contributed by atoms with Crippen LogP contribution < -0.4 is 14.4 Å². The number of piperidine rings is 1. The Morgan fingerprint density at radius 2 is 1.51 bits per heavy atom. The number of carboxylic acids is 1. The zero-order chi connectivity index (χ0) is 29.1. The lowest BCUT2D eigenvalue weighted by Gasteiger charge is -2.37. The SMILES string of the molecule is COc1cc(C)cc(OC)c1CC(C1CCN(c2ccc(C(=O)O)cc2)CC1)S(=O)(=O)c1ccc2ccccc2c1. The molecule has 0 aromatic heterocycles. The van der Waals surface area contributed by atoms with E-state index in [1.165, 1.54) is 0 Å². The Labute approximate surface area is 241 Å². The maximum atomic E-state index is 14.4. The largest absolute Gasteiger partial charge is 0.496 e. The fourth-order valence-electron chi connectivity index (χ4n) is 5.91. The summed E-state index contributed by atoms with van der Waals surface area (Å²) < 4.78 is 40.3. The lowest BCUT2D eigenvalue weighted by molar-refractivity contribution is 0.0697. The van der Waals surface area contributed by atoms with Crippen LogP contribution in [0.5, 0.6) is 11.5 Å². The highest BCUT2D eigenvalue weighted by Crippen LogP contribution is 2.39. The number of methoxy groups -OCH3 is 2. The van der Waals surface area contributed by atoms with Crippen LogP contribution in [0.4, 0.5) is 5.69 Å². The first-order chi connectivity index (χ1) is 19.7. The summed E-state index contributed by atoms with van der Waals surface area (Å²) in [5.41, 5.74) is 2.90. The zero-order valence-electron chi connectivity index (χ0n) is 23.5. The maximum absolute atomic E-state index is 14.4. The van der Waals surface area contributed by atoms with Crippen LogP contribution in [0.15, 0.2) is 83.8 Å². The van der Waals surface area contributed by atoms with Crippen molar-refractivity contribution < 1.29 is 27.8 Å². The topological polar surface area (TPSA) is 93.1 Å². The molecule has 7 nitrogen and oxygen atoms in total. The second kappa shape index (κ2) is 11.8. The molecule has 8 heteroatoms. The summed E-state index contributed by atoms with van der Waals surface area (Å²) in [6.07, 6.45) is 1.61. The molecular weight excluding hydrogens is 538 g/mol. The van der Waals surface area contributed by atoms with Crippen molar-refractivity contribution in [3.05, 3.63) is 95.6 Å². The molecule has 5 rings (SSSR count). The average molecular weight is 574 g/mol. The Morgan fingerprint density at radius 3 is 2.10 bits per heavy atom. The third kappa shape index (κ3) is 5.88. The van der Waals surface area contributed by atoms with Gasteiger partial charge < -0.3 is 19.5 Å². The molecule has 0 spiro atoms. The molecule has 1 atom stereocenters. The predicted molar refractivity (Wildman–Crippen MR) is 161 cm³/mol. The van der Waals surface area contributed by atoms with Crippen molar-refractivity contribution >= 4 is 32.3 Å². The number of anilines is 1. The van der Waals surface area contributed by atoms with Crippen LogP contribution in [0.25, 0.3) is 10.8 Å². The van der Waals surface area contributed by atoms with E-state index in [2.05, 4.69) is 4.90 Å². The summed E-state index contributed by atoms with van der Waals surface area (Å²) in [6.45, 7) is 3.29. The number of aryl methyl sites for hydroxylation is 1. The van der Waals surface area contributed by atoms with Crippen molar-refractivity contribution in [2.75, 3.05) is 32.2 Å². The Hall–Kier alpha value is -4.04. The van der Waals surface area contributed by atoms with E-state index in [1.807, 2.05) is 61.5 Å². The molecule has 4 aromatic rings. The Morgan fingerprint density at radius 1 is 0.902 bits per heavy atom. The van der Waals surface area contributed by atoms with E-state index in [0.717, 1.165) is 27.6 Å². The third-order valence-corrected chi connectivity index (χ3v) is 10.4. The van der Waals surface area contributed by atoms with E-state index in [1.54, 1.807) is 38.5 Å². The second-order valence-electron chi connectivity index (χ2n) is 10.6. The van der Waals surface area contributed by atoms with Gasteiger partial charge in [0.15, 0.2) is 9.84 Å². The monoisotopic (exact) mass is 573 g/mol. The first-order valence-corrected chi connectivity index (χ1v) is 15.3.